The van der Waals surface area contributed by atoms with Crippen molar-refractivity contribution in [2.45, 2.75) is 0 Å². The standard InChI is InChI=1S/C16H13N3O4/c20-11-7-5-10(6-8-11)17-14(21)9-23-16(22)15-12-3-1-2-4-13(12)18-19-15/h1-8,20H,9H2,(H,17,21)(H,18,19). The molecule has 3 aromatic rings. The van der Waals surface area contributed by atoms with E-state index in [1.165, 1.54) is 24.3 Å². The van der Waals surface area contributed by atoms with E-state index in [2.05, 4.69) is 15.5 Å². The first-order valence-electron chi connectivity index (χ1n) is 6.82. The lowest BCUT2D eigenvalue weighted by Crippen LogP contribution is -2.21. The highest BCUT2D eigenvalue weighted by molar-refractivity contribution is 6.03. The molecule has 0 bridgehead atoms. The Kier molecular flexibility index (Phi) is 3.92. The first kappa shape index (κ1) is 14.6. The van der Waals surface area contributed by atoms with Crippen LogP contribution in [0.25, 0.3) is 10.9 Å². The fourth-order valence-electron chi connectivity index (χ4n) is 2.06. The van der Waals surface area contributed by atoms with Gasteiger partial charge < -0.3 is 15.2 Å². The lowest BCUT2D eigenvalue weighted by Gasteiger charge is -2.06. The summed E-state index contributed by atoms with van der Waals surface area (Å²) in [6, 6.07) is 13.1. The molecule has 116 valence electrons. The summed E-state index contributed by atoms with van der Waals surface area (Å²) < 4.78 is 4.97. The van der Waals surface area contributed by atoms with Gasteiger partial charge in [-0.3, -0.25) is 9.89 Å². The molecule has 0 saturated carbocycles. The van der Waals surface area contributed by atoms with Gasteiger partial charge in [0.15, 0.2) is 12.3 Å². The molecule has 0 aliphatic heterocycles. The Morgan fingerprint density at radius 2 is 1.87 bits per heavy atom. The number of rotatable bonds is 4. The number of phenolic OH excluding ortho intramolecular Hbond substituents is 1. The topological polar surface area (TPSA) is 104 Å². The third-order valence-electron chi connectivity index (χ3n) is 3.15. The van der Waals surface area contributed by atoms with Crippen LogP contribution in [0, 0.1) is 0 Å². The van der Waals surface area contributed by atoms with Crippen molar-refractivity contribution in [1.29, 1.82) is 0 Å². The highest BCUT2D eigenvalue weighted by Crippen LogP contribution is 2.16. The molecule has 3 N–H and O–H groups in total. The van der Waals surface area contributed by atoms with Crippen molar-refractivity contribution in [3.05, 3.63) is 54.2 Å². The molecule has 0 fully saturated rings. The van der Waals surface area contributed by atoms with Gasteiger partial charge in [-0.05, 0) is 30.3 Å². The summed E-state index contributed by atoms with van der Waals surface area (Å²) in [5, 5.41) is 19.0. The molecule has 7 nitrogen and oxygen atoms in total. The van der Waals surface area contributed by atoms with Crippen LogP contribution in [0.3, 0.4) is 0 Å². The summed E-state index contributed by atoms with van der Waals surface area (Å²) >= 11 is 0. The number of benzene rings is 2. The molecule has 3 rings (SSSR count). The van der Waals surface area contributed by atoms with Crippen LogP contribution in [0.2, 0.25) is 0 Å². The molecule has 0 saturated heterocycles. The van der Waals surface area contributed by atoms with E-state index in [4.69, 9.17) is 9.84 Å². The minimum Gasteiger partial charge on any atom is -0.508 e. The second kappa shape index (κ2) is 6.18. The lowest BCUT2D eigenvalue weighted by atomic mass is 10.2. The Balaban J connectivity index is 1.60. The summed E-state index contributed by atoms with van der Waals surface area (Å²) in [7, 11) is 0. The molecule has 0 unspecified atom stereocenters. The number of aromatic nitrogens is 2. The fourth-order valence-corrected chi connectivity index (χ4v) is 2.06. The highest BCUT2D eigenvalue weighted by atomic mass is 16.5. The number of fused-ring (bicyclic) bond motifs is 1. The van der Waals surface area contributed by atoms with E-state index in [0.29, 0.717) is 16.6 Å². The minimum absolute atomic E-state index is 0.0971. The molecule has 1 amide bonds. The normalized spacial score (nSPS) is 10.4. The summed E-state index contributed by atoms with van der Waals surface area (Å²) in [4.78, 5) is 23.8. The molecule has 7 heteroatoms. The van der Waals surface area contributed by atoms with Crippen LogP contribution in [0.15, 0.2) is 48.5 Å². The molecular weight excluding hydrogens is 298 g/mol. The largest absolute Gasteiger partial charge is 0.508 e. The van der Waals surface area contributed by atoms with Gasteiger partial charge >= 0.3 is 5.97 Å². The van der Waals surface area contributed by atoms with Crippen LogP contribution >= 0.6 is 0 Å². The number of phenols is 1. The number of esters is 1. The van der Waals surface area contributed by atoms with Gasteiger partial charge in [0.2, 0.25) is 0 Å². The van der Waals surface area contributed by atoms with Gasteiger partial charge in [0.25, 0.3) is 5.91 Å². The van der Waals surface area contributed by atoms with Crippen molar-refractivity contribution in [3.63, 3.8) is 0 Å². The third kappa shape index (κ3) is 3.29. The van der Waals surface area contributed by atoms with E-state index in [0.717, 1.165) is 0 Å². The maximum atomic E-state index is 12.0. The van der Waals surface area contributed by atoms with Gasteiger partial charge in [0.05, 0.1) is 5.52 Å². The van der Waals surface area contributed by atoms with Gasteiger partial charge in [0, 0.05) is 11.1 Å². The zero-order chi connectivity index (χ0) is 16.2. The number of aromatic hydroxyl groups is 1. The second-order valence-electron chi connectivity index (χ2n) is 4.79. The van der Waals surface area contributed by atoms with Gasteiger partial charge in [-0.15, -0.1) is 0 Å². The average molecular weight is 311 g/mol. The van der Waals surface area contributed by atoms with Gasteiger partial charge in [-0.25, -0.2) is 4.79 Å². The van der Waals surface area contributed by atoms with Crippen LogP contribution < -0.4 is 5.32 Å². The van der Waals surface area contributed by atoms with Crippen LogP contribution in [-0.4, -0.2) is 33.8 Å². The predicted octanol–water partition coefficient (Wildman–Crippen LogP) is 2.06. The molecule has 0 aliphatic carbocycles. The summed E-state index contributed by atoms with van der Waals surface area (Å²) in [6.45, 7) is -0.430. The van der Waals surface area contributed by atoms with E-state index < -0.39 is 18.5 Å². The Hall–Kier alpha value is -3.35. The SMILES string of the molecule is O=C(COC(=O)c1n[nH]c2ccccc12)Nc1ccc(O)cc1. The summed E-state index contributed by atoms with van der Waals surface area (Å²) in [5.74, 6) is -1.06. The van der Waals surface area contributed by atoms with E-state index in [9.17, 15) is 9.59 Å². The number of aromatic amines is 1. The van der Waals surface area contributed by atoms with Crippen LogP contribution in [0.4, 0.5) is 5.69 Å². The smallest absolute Gasteiger partial charge is 0.359 e. The van der Waals surface area contributed by atoms with Crippen molar-refractivity contribution in [3.8, 4) is 5.75 Å². The zero-order valence-electron chi connectivity index (χ0n) is 11.9. The highest BCUT2D eigenvalue weighted by Gasteiger charge is 2.16. The van der Waals surface area contributed by atoms with Crippen LogP contribution in [0.1, 0.15) is 10.5 Å². The second-order valence-corrected chi connectivity index (χ2v) is 4.79. The van der Waals surface area contributed by atoms with E-state index >= 15 is 0 Å². The third-order valence-corrected chi connectivity index (χ3v) is 3.15. The zero-order valence-corrected chi connectivity index (χ0v) is 11.9. The lowest BCUT2D eigenvalue weighted by molar-refractivity contribution is -0.119. The number of anilines is 1. The quantitative estimate of drug-likeness (QED) is 0.505. The van der Waals surface area contributed by atoms with Crippen LogP contribution in [-0.2, 0) is 9.53 Å². The van der Waals surface area contributed by atoms with Crippen molar-refractivity contribution >= 4 is 28.5 Å². The number of amides is 1. The monoisotopic (exact) mass is 311 g/mol. The van der Waals surface area contributed by atoms with E-state index in [1.54, 1.807) is 18.2 Å². The Morgan fingerprint density at radius 1 is 1.13 bits per heavy atom. The Bertz CT molecular complexity index is 855. The molecule has 0 atom stereocenters. The molecule has 1 heterocycles. The van der Waals surface area contributed by atoms with Gasteiger partial charge in [0.1, 0.15) is 5.75 Å². The number of nitrogens with one attached hydrogen (secondary N) is 2. The number of para-hydroxylation sites is 1. The Morgan fingerprint density at radius 3 is 2.65 bits per heavy atom. The van der Waals surface area contributed by atoms with Crippen molar-refractivity contribution in [2.75, 3.05) is 11.9 Å². The van der Waals surface area contributed by atoms with Crippen molar-refractivity contribution < 1.29 is 19.4 Å². The maximum Gasteiger partial charge on any atom is 0.359 e. The summed E-state index contributed by atoms with van der Waals surface area (Å²) in [6.07, 6.45) is 0. The molecule has 0 radical (unpaired) electrons. The number of hydrogen-bond acceptors (Lipinski definition) is 5. The van der Waals surface area contributed by atoms with Crippen molar-refractivity contribution in [1.82, 2.24) is 10.2 Å². The van der Waals surface area contributed by atoms with E-state index in [-0.39, 0.29) is 11.4 Å². The van der Waals surface area contributed by atoms with Gasteiger partial charge in [-0.2, -0.15) is 5.10 Å². The minimum atomic E-state index is -0.677. The first-order valence-corrected chi connectivity index (χ1v) is 6.82. The first-order chi connectivity index (χ1) is 11.1. The predicted molar refractivity (Wildman–Crippen MR) is 83.1 cm³/mol. The fraction of sp³-hybridized carbons (Fsp3) is 0.0625. The van der Waals surface area contributed by atoms with Crippen LogP contribution in [0.5, 0.6) is 5.75 Å². The number of nitrogens with zero attached hydrogens (tertiary/aromatic N) is 1. The Labute approximate surface area is 130 Å². The maximum absolute atomic E-state index is 12.0. The number of carbonyl (C=O) groups is 2. The van der Waals surface area contributed by atoms with Gasteiger partial charge in [-0.1, -0.05) is 18.2 Å². The number of ether oxygens (including phenoxy) is 1. The van der Waals surface area contributed by atoms with Crippen molar-refractivity contribution in [2.24, 2.45) is 0 Å². The molecule has 0 spiro atoms. The number of H-pyrrole nitrogens is 1. The average Bonchev–Trinajstić information content (AvgIpc) is 2.99. The molecule has 2 aromatic carbocycles. The molecule has 23 heavy (non-hydrogen) atoms. The number of carbonyl (C=O) groups excluding carboxylic acids is 2. The number of hydrogen-bond donors (Lipinski definition) is 3. The summed E-state index contributed by atoms with van der Waals surface area (Å²) in [5.41, 5.74) is 1.35. The molecule has 1 aromatic heterocycles. The molecular formula is C16H13N3O4. The van der Waals surface area contributed by atoms with E-state index in [1.807, 2.05) is 6.07 Å². The molecule has 0 aliphatic rings.